The average Bonchev–Trinajstić information content (AvgIpc) is 2.04. The number of hydrogen-bond acceptors (Lipinski definition) is 0. The van der Waals surface area contributed by atoms with E-state index in [4.69, 9.17) is 11.6 Å². The summed E-state index contributed by atoms with van der Waals surface area (Å²) in [4.78, 5) is 0. The molecule has 1 aromatic carbocycles. The zero-order chi connectivity index (χ0) is 9.90. The van der Waals surface area contributed by atoms with Crippen LogP contribution in [0.4, 0.5) is 0 Å². The highest BCUT2D eigenvalue weighted by atomic mass is 35.5. The number of halogens is 1. The number of hydrogen-bond donors (Lipinski definition) is 0. The molecule has 0 bridgehead atoms. The van der Waals surface area contributed by atoms with E-state index in [9.17, 15) is 0 Å². The molecule has 72 valence electrons. The summed E-state index contributed by atoms with van der Waals surface area (Å²) in [5.41, 5.74) is 1.46. The van der Waals surface area contributed by atoms with Gasteiger partial charge in [0.25, 0.3) is 0 Å². The van der Waals surface area contributed by atoms with Crippen LogP contribution in [0.25, 0.3) is 0 Å². The molecule has 13 heavy (non-hydrogen) atoms. The summed E-state index contributed by atoms with van der Waals surface area (Å²) in [5.74, 6) is 0. The molecule has 0 heterocycles. The van der Waals surface area contributed by atoms with Gasteiger partial charge in [-0.05, 0) is 23.5 Å². The summed E-state index contributed by atoms with van der Waals surface area (Å²) < 4.78 is 0. The summed E-state index contributed by atoms with van der Waals surface area (Å²) in [6.07, 6.45) is 2.37. The van der Waals surface area contributed by atoms with Crippen molar-refractivity contribution in [1.82, 2.24) is 0 Å². The van der Waals surface area contributed by atoms with Gasteiger partial charge in [-0.25, -0.2) is 0 Å². The van der Waals surface area contributed by atoms with Crippen LogP contribution in [0.2, 0.25) is 5.02 Å². The van der Waals surface area contributed by atoms with Gasteiger partial charge in [-0.15, -0.1) is 0 Å². The molecular weight excluding hydrogens is 180 g/mol. The van der Waals surface area contributed by atoms with Crippen molar-refractivity contribution in [2.24, 2.45) is 0 Å². The molecule has 1 aromatic rings. The fraction of sp³-hybridized carbons (Fsp3) is 0.500. The van der Waals surface area contributed by atoms with Crippen molar-refractivity contribution in [2.45, 2.75) is 39.0 Å². The maximum absolute atomic E-state index is 6.14. The van der Waals surface area contributed by atoms with E-state index in [0.29, 0.717) is 0 Å². The van der Waals surface area contributed by atoms with Crippen molar-refractivity contribution in [3.63, 3.8) is 0 Å². The van der Waals surface area contributed by atoms with Gasteiger partial charge in [0.15, 0.2) is 0 Å². The van der Waals surface area contributed by atoms with Crippen LogP contribution in [0.1, 0.15) is 39.2 Å². The molecule has 0 radical (unpaired) electrons. The summed E-state index contributed by atoms with van der Waals surface area (Å²) >= 11 is 6.14. The zero-order valence-electron chi connectivity index (χ0n) is 8.60. The van der Waals surface area contributed by atoms with Crippen molar-refractivity contribution in [3.05, 3.63) is 34.9 Å². The van der Waals surface area contributed by atoms with E-state index in [1.807, 2.05) is 12.1 Å². The SMILES string of the molecule is CCCC(C)(C)c1ccccc1Cl. The number of benzene rings is 1. The normalized spacial score (nSPS) is 11.7. The quantitative estimate of drug-likeness (QED) is 0.672. The van der Waals surface area contributed by atoms with Crippen LogP contribution in [0.3, 0.4) is 0 Å². The topological polar surface area (TPSA) is 0 Å². The fourth-order valence-corrected chi connectivity index (χ4v) is 2.16. The lowest BCUT2D eigenvalue weighted by Crippen LogP contribution is -2.16. The van der Waals surface area contributed by atoms with E-state index in [2.05, 4.69) is 32.9 Å². The van der Waals surface area contributed by atoms with Crippen molar-refractivity contribution < 1.29 is 0 Å². The van der Waals surface area contributed by atoms with Gasteiger partial charge >= 0.3 is 0 Å². The van der Waals surface area contributed by atoms with E-state index in [1.165, 1.54) is 18.4 Å². The Morgan fingerprint density at radius 3 is 2.38 bits per heavy atom. The summed E-state index contributed by atoms with van der Waals surface area (Å²) in [6.45, 7) is 6.70. The van der Waals surface area contributed by atoms with E-state index in [1.54, 1.807) is 0 Å². The fourth-order valence-electron chi connectivity index (χ4n) is 1.77. The van der Waals surface area contributed by atoms with Gasteiger partial charge < -0.3 is 0 Å². The lowest BCUT2D eigenvalue weighted by atomic mass is 9.81. The molecule has 0 spiro atoms. The van der Waals surface area contributed by atoms with E-state index in [-0.39, 0.29) is 5.41 Å². The lowest BCUT2D eigenvalue weighted by molar-refractivity contribution is 0.473. The minimum absolute atomic E-state index is 0.201. The Labute approximate surface area is 85.9 Å². The van der Waals surface area contributed by atoms with E-state index in [0.717, 1.165) is 5.02 Å². The molecule has 0 aliphatic carbocycles. The number of rotatable bonds is 3. The van der Waals surface area contributed by atoms with Crippen molar-refractivity contribution >= 4 is 11.6 Å². The Kier molecular flexibility index (Phi) is 3.38. The second-order valence-electron chi connectivity index (χ2n) is 4.11. The molecule has 0 unspecified atom stereocenters. The molecule has 0 saturated heterocycles. The van der Waals surface area contributed by atoms with Gasteiger partial charge in [0.2, 0.25) is 0 Å². The van der Waals surface area contributed by atoms with Gasteiger partial charge in [0.1, 0.15) is 0 Å². The highest BCUT2D eigenvalue weighted by molar-refractivity contribution is 6.31. The molecule has 0 atom stereocenters. The van der Waals surface area contributed by atoms with Crippen LogP contribution in [0.15, 0.2) is 24.3 Å². The van der Waals surface area contributed by atoms with Gasteiger partial charge in [0.05, 0.1) is 0 Å². The second kappa shape index (κ2) is 4.15. The Morgan fingerprint density at radius 1 is 1.23 bits per heavy atom. The summed E-state index contributed by atoms with van der Waals surface area (Å²) in [7, 11) is 0. The van der Waals surface area contributed by atoms with Crippen LogP contribution >= 0.6 is 11.6 Å². The molecule has 1 heteroatoms. The Hall–Kier alpha value is -0.490. The van der Waals surface area contributed by atoms with Gasteiger partial charge in [-0.1, -0.05) is 57.0 Å². The van der Waals surface area contributed by atoms with E-state index < -0.39 is 0 Å². The van der Waals surface area contributed by atoms with Gasteiger partial charge in [-0.3, -0.25) is 0 Å². The third kappa shape index (κ3) is 2.47. The highest BCUT2D eigenvalue weighted by Gasteiger charge is 2.21. The van der Waals surface area contributed by atoms with Crippen LogP contribution in [-0.2, 0) is 5.41 Å². The predicted molar refractivity (Wildman–Crippen MR) is 59.4 cm³/mol. The summed E-state index contributed by atoms with van der Waals surface area (Å²) in [6, 6.07) is 8.12. The van der Waals surface area contributed by atoms with Crippen LogP contribution in [0, 0.1) is 0 Å². The molecule has 0 aliphatic rings. The van der Waals surface area contributed by atoms with Gasteiger partial charge in [0, 0.05) is 5.02 Å². The van der Waals surface area contributed by atoms with E-state index >= 15 is 0 Å². The average molecular weight is 197 g/mol. The van der Waals surface area contributed by atoms with Crippen LogP contribution in [0.5, 0.6) is 0 Å². The largest absolute Gasteiger partial charge is 0.0840 e. The van der Waals surface area contributed by atoms with Crippen molar-refractivity contribution in [1.29, 1.82) is 0 Å². The first-order chi connectivity index (χ1) is 6.08. The molecular formula is C12H17Cl. The first-order valence-electron chi connectivity index (χ1n) is 4.83. The Bertz CT molecular complexity index is 276. The summed E-state index contributed by atoms with van der Waals surface area (Å²) in [5, 5.41) is 0.890. The molecule has 1 rings (SSSR count). The first kappa shape index (κ1) is 10.6. The maximum Gasteiger partial charge on any atom is 0.0443 e. The first-order valence-corrected chi connectivity index (χ1v) is 5.20. The van der Waals surface area contributed by atoms with Crippen molar-refractivity contribution in [2.75, 3.05) is 0 Å². The zero-order valence-corrected chi connectivity index (χ0v) is 9.36. The smallest absolute Gasteiger partial charge is 0.0443 e. The highest BCUT2D eigenvalue weighted by Crippen LogP contribution is 2.33. The third-order valence-electron chi connectivity index (χ3n) is 2.48. The molecule has 0 aromatic heterocycles. The molecule has 0 saturated carbocycles. The standard InChI is InChI=1S/C12H17Cl/c1-4-9-12(2,3)10-7-5-6-8-11(10)13/h5-8H,4,9H2,1-3H3. The lowest BCUT2D eigenvalue weighted by Gasteiger charge is -2.25. The van der Waals surface area contributed by atoms with Crippen molar-refractivity contribution in [3.8, 4) is 0 Å². The minimum Gasteiger partial charge on any atom is -0.0840 e. The maximum atomic E-state index is 6.14. The molecule has 0 fully saturated rings. The van der Waals surface area contributed by atoms with Crippen LogP contribution < -0.4 is 0 Å². The second-order valence-corrected chi connectivity index (χ2v) is 4.52. The monoisotopic (exact) mass is 196 g/mol. The molecule has 0 N–H and O–H groups in total. The van der Waals surface area contributed by atoms with Gasteiger partial charge in [-0.2, -0.15) is 0 Å². The Morgan fingerprint density at radius 2 is 1.85 bits per heavy atom. The Balaban J connectivity index is 2.99. The minimum atomic E-state index is 0.201. The third-order valence-corrected chi connectivity index (χ3v) is 2.81. The molecule has 0 aliphatic heterocycles. The molecule has 0 amide bonds. The van der Waals surface area contributed by atoms with Crippen LogP contribution in [-0.4, -0.2) is 0 Å². The molecule has 0 nitrogen and oxygen atoms in total. The predicted octanol–water partition coefficient (Wildman–Crippen LogP) is 4.42.